The normalized spacial score (nSPS) is 14.0. The zero-order valence-electron chi connectivity index (χ0n) is 11.1. The van der Waals surface area contributed by atoms with Gasteiger partial charge in [0.2, 0.25) is 0 Å². The summed E-state index contributed by atoms with van der Waals surface area (Å²) in [6.45, 7) is 0.982. The SMILES string of the molecule is O=C(c1cc(F)c(F)cc1Cl)N1CCc2ccccc2C1. The predicted octanol–water partition coefficient (Wildman–Crippen LogP) is 3.82. The lowest BCUT2D eigenvalue weighted by Gasteiger charge is -2.29. The van der Waals surface area contributed by atoms with E-state index in [1.165, 1.54) is 5.56 Å². The van der Waals surface area contributed by atoms with Crippen molar-refractivity contribution in [3.63, 3.8) is 0 Å². The summed E-state index contributed by atoms with van der Waals surface area (Å²) in [4.78, 5) is 14.0. The fraction of sp³-hybridized carbons (Fsp3) is 0.188. The van der Waals surface area contributed by atoms with E-state index in [2.05, 4.69) is 0 Å². The van der Waals surface area contributed by atoms with Crippen molar-refractivity contribution < 1.29 is 13.6 Å². The van der Waals surface area contributed by atoms with E-state index in [1.54, 1.807) is 4.90 Å². The molecule has 0 aromatic heterocycles. The van der Waals surface area contributed by atoms with Crippen LogP contribution >= 0.6 is 11.6 Å². The molecule has 5 heteroatoms. The van der Waals surface area contributed by atoms with Crippen molar-refractivity contribution in [2.45, 2.75) is 13.0 Å². The number of halogens is 3. The molecule has 0 saturated heterocycles. The van der Waals surface area contributed by atoms with Crippen LogP contribution in [0.1, 0.15) is 21.5 Å². The molecule has 1 aliphatic heterocycles. The lowest BCUT2D eigenvalue weighted by atomic mass is 9.99. The van der Waals surface area contributed by atoms with Crippen molar-refractivity contribution in [1.82, 2.24) is 4.90 Å². The van der Waals surface area contributed by atoms with Crippen LogP contribution in [0.5, 0.6) is 0 Å². The molecule has 108 valence electrons. The number of hydrogen-bond donors (Lipinski definition) is 0. The first kappa shape index (κ1) is 14.0. The van der Waals surface area contributed by atoms with Gasteiger partial charge < -0.3 is 4.90 Å². The highest BCUT2D eigenvalue weighted by Gasteiger charge is 2.24. The zero-order valence-corrected chi connectivity index (χ0v) is 11.8. The van der Waals surface area contributed by atoms with Crippen LogP contribution in [0.25, 0.3) is 0 Å². The number of fused-ring (bicyclic) bond motifs is 1. The van der Waals surface area contributed by atoms with Gasteiger partial charge in [0.25, 0.3) is 5.91 Å². The average Bonchev–Trinajstić information content (AvgIpc) is 2.50. The van der Waals surface area contributed by atoms with Crippen LogP contribution in [0, 0.1) is 11.6 Å². The van der Waals surface area contributed by atoms with E-state index >= 15 is 0 Å². The van der Waals surface area contributed by atoms with Crippen molar-refractivity contribution in [2.75, 3.05) is 6.54 Å². The molecule has 0 bridgehead atoms. The standard InChI is InChI=1S/C16H12ClF2NO/c17-13-8-15(19)14(18)7-12(13)16(21)20-6-5-10-3-1-2-4-11(10)9-20/h1-4,7-8H,5-6,9H2. The van der Waals surface area contributed by atoms with Crippen LogP contribution in [0.15, 0.2) is 36.4 Å². The molecule has 2 nitrogen and oxygen atoms in total. The Morgan fingerprint density at radius 1 is 1.10 bits per heavy atom. The van der Waals surface area contributed by atoms with Gasteiger partial charge in [-0.15, -0.1) is 0 Å². The van der Waals surface area contributed by atoms with Crippen LogP contribution < -0.4 is 0 Å². The molecule has 0 N–H and O–H groups in total. The van der Waals surface area contributed by atoms with Crippen LogP contribution in [-0.2, 0) is 13.0 Å². The third-order valence-corrected chi connectivity index (χ3v) is 3.97. The summed E-state index contributed by atoms with van der Waals surface area (Å²) < 4.78 is 26.4. The van der Waals surface area contributed by atoms with E-state index in [4.69, 9.17) is 11.6 Å². The number of rotatable bonds is 1. The Balaban J connectivity index is 1.89. The number of hydrogen-bond acceptors (Lipinski definition) is 1. The topological polar surface area (TPSA) is 20.3 Å². The zero-order chi connectivity index (χ0) is 15.0. The summed E-state index contributed by atoms with van der Waals surface area (Å²) in [6.07, 6.45) is 0.739. The fourth-order valence-corrected chi connectivity index (χ4v) is 2.76. The molecule has 3 rings (SSSR count). The quantitative estimate of drug-likeness (QED) is 0.734. The van der Waals surface area contributed by atoms with Gasteiger partial charge in [-0.3, -0.25) is 4.79 Å². The third kappa shape index (κ3) is 2.63. The molecule has 0 fully saturated rings. The minimum atomic E-state index is -1.07. The van der Waals surface area contributed by atoms with E-state index in [-0.39, 0.29) is 16.5 Å². The van der Waals surface area contributed by atoms with Gasteiger partial charge in [0, 0.05) is 13.1 Å². The van der Waals surface area contributed by atoms with Crippen LogP contribution in [0.2, 0.25) is 5.02 Å². The summed E-state index contributed by atoms with van der Waals surface area (Å²) >= 11 is 5.86. The molecule has 0 spiro atoms. The molecule has 2 aromatic carbocycles. The lowest BCUT2D eigenvalue weighted by molar-refractivity contribution is 0.0734. The van der Waals surface area contributed by atoms with E-state index in [9.17, 15) is 13.6 Å². The first-order valence-corrected chi connectivity index (χ1v) is 6.94. The first-order chi connectivity index (χ1) is 10.1. The summed E-state index contributed by atoms with van der Waals surface area (Å²) in [7, 11) is 0. The minimum Gasteiger partial charge on any atom is -0.334 e. The van der Waals surface area contributed by atoms with Gasteiger partial charge in [-0.05, 0) is 29.7 Å². The average molecular weight is 308 g/mol. The largest absolute Gasteiger partial charge is 0.334 e. The number of nitrogens with zero attached hydrogens (tertiary/aromatic N) is 1. The van der Waals surface area contributed by atoms with Crippen molar-refractivity contribution in [2.24, 2.45) is 0 Å². The highest BCUT2D eigenvalue weighted by molar-refractivity contribution is 6.33. The maximum absolute atomic E-state index is 13.3. The van der Waals surface area contributed by atoms with Crippen molar-refractivity contribution in [3.8, 4) is 0 Å². The van der Waals surface area contributed by atoms with Crippen LogP contribution in [-0.4, -0.2) is 17.4 Å². The monoisotopic (exact) mass is 307 g/mol. The highest BCUT2D eigenvalue weighted by Crippen LogP contribution is 2.25. The summed E-state index contributed by atoms with van der Waals surface area (Å²) in [5.41, 5.74) is 2.27. The number of amides is 1. The van der Waals surface area contributed by atoms with E-state index in [0.717, 1.165) is 24.1 Å². The molecular weight excluding hydrogens is 296 g/mol. The molecule has 0 aliphatic carbocycles. The first-order valence-electron chi connectivity index (χ1n) is 6.57. The Morgan fingerprint density at radius 3 is 2.52 bits per heavy atom. The molecule has 1 amide bonds. The van der Waals surface area contributed by atoms with E-state index in [1.807, 2.05) is 24.3 Å². The summed E-state index contributed by atoms with van der Waals surface area (Å²) in [5.74, 6) is -2.51. The number of carbonyl (C=O) groups is 1. The highest BCUT2D eigenvalue weighted by atomic mass is 35.5. The maximum atomic E-state index is 13.3. The van der Waals surface area contributed by atoms with E-state index < -0.39 is 11.6 Å². The summed E-state index contributed by atoms with van der Waals surface area (Å²) in [5, 5.41) is -0.0715. The molecule has 0 atom stereocenters. The Hall–Kier alpha value is -1.94. The molecule has 21 heavy (non-hydrogen) atoms. The molecule has 0 saturated carbocycles. The van der Waals surface area contributed by atoms with Crippen molar-refractivity contribution in [3.05, 3.63) is 69.7 Å². The Kier molecular flexibility index (Phi) is 3.64. The minimum absolute atomic E-state index is 0.00468. The Morgan fingerprint density at radius 2 is 1.76 bits per heavy atom. The number of benzene rings is 2. The molecule has 0 unspecified atom stereocenters. The molecular formula is C16H12ClF2NO. The second kappa shape index (κ2) is 5.45. The molecule has 1 heterocycles. The van der Waals surface area contributed by atoms with Gasteiger partial charge in [-0.25, -0.2) is 8.78 Å². The Bertz CT molecular complexity index is 717. The Labute approximate surface area is 125 Å². The molecule has 0 radical (unpaired) electrons. The molecule has 1 aliphatic rings. The number of carbonyl (C=O) groups excluding carboxylic acids is 1. The van der Waals surface area contributed by atoms with Gasteiger partial charge in [-0.1, -0.05) is 35.9 Å². The maximum Gasteiger partial charge on any atom is 0.255 e. The molecule has 2 aromatic rings. The van der Waals surface area contributed by atoms with Gasteiger partial charge in [0.15, 0.2) is 11.6 Å². The van der Waals surface area contributed by atoms with E-state index in [0.29, 0.717) is 13.1 Å². The van der Waals surface area contributed by atoms with Crippen molar-refractivity contribution in [1.29, 1.82) is 0 Å². The fourth-order valence-electron chi connectivity index (χ4n) is 2.53. The predicted molar refractivity (Wildman–Crippen MR) is 76.3 cm³/mol. The van der Waals surface area contributed by atoms with Crippen LogP contribution in [0.3, 0.4) is 0 Å². The van der Waals surface area contributed by atoms with Gasteiger partial charge >= 0.3 is 0 Å². The van der Waals surface area contributed by atoms with Crippen LogP contribution in [0.4, 0.5) is 8.78 Å². The second-order valence-electron chi connectivity index (χ2n) is 4.99. The van der Waals surface area contributed by atoms with Crippen molar-refractivity contribution >= 4 is 17.5 Å². The second-order valence-corrected chi connectivity index (χ2v) is 5.40. The summed E-state index contributed by atoms with van der Waals surface area (Å²) in [6, 6.07) is 9.56. The smallest absolute Gasteiger partial charge is 0.255 e. The third-order valence-electron chi connectivity index (χ3n) is 3.66. The van der Waals surface area contributed by atoms with Gasteiger partial charge in [-0.2, -0.15) is 0 Å². The van der Waals surface area contributed by atoms with Gasteiger partial charge in [0.1, 0.15) is 0 Å². The van der Waals surface area contributed by atoms with Gasteiger partial charge in [0.05, 0.1) is 10.6 Å². The lowest BCUT2D eigenvalue weighted by Crippen LogP contribution is -2.36.